The van der Waals surface area contributed by atoms with Gasteiger partial charge in [-0.05, 0) is 33.1 Å². The van der Waals surface area contributed by atoms with E-state index in [4.69, 9.17) is 0 Å². The summed E-state index contributed by atoms with van der Waals surface area (Å²) in [5.41, 5.74) is 0. The Kier molecular flexibility index (Phi) is 8.26. The fourth-order valence-corrected chi connectivity index (χ4v) is 1.90. The van der Waals surface area contributed by atoms with Crippen LogP contribution in [-0.2, 0) is 4.79 Å². The molecule has 0 rings (SSSR count). The second-order valence-electron chi connectivity index (χ2n) is 4.74. The number of carbonyl (C=O) groups excluding carboxylic acids is 1. The standard InChI is InChI=1S/C13H27NO2/c1-5-7-8-12(6-2)13(16)14-10(3)9-11(4)15/h10-12,15H,5-9H2,1-4H3,(H,14,16). The molecule has 0 aromatic carbocycles. The molecule has 0 aliphatic rings. The molecule has 0 aliphatic heterocycles. The van der Waals surface area contributed by atoms with Crippen LogP contribution in [0.15, 0.2) is 0 Å². The largest absolute Gasteiger partial charge is 0.393 e. The van der Waals surface area contributed by atoms with Gasteiger partial charge in [0, 0.05) is 12.0 Å². The first-order valence-corrected chi connectivity index (χ1v) is 6.49. The van der Waals surface area contributed by atoms with Crippen LogP contribution in [0.3, 0.4) is 0 Å². The van der Waals surface area contributed by atoms with Gasteiger partial charge < -0.3 is 10.4 Å². The van der Waals surface area contributed by atoms with Crippen LogP contribution in [0.4, 0.5) is 0 Å². The first kappa shape index (κ1) is 15.4. The fourth-order valence-electron chi connectivity index (χ4n) is 1.90. The van der Waals surface area contributed by atoms with Gasteiger partial charge in [0.2, 0.25) is 5.91 Å². The van der Waals surface area contributed by atoms with E-state index in [0.717, 1.165) is 25.7 Å². The normalized spacial score (nSPS) is 16.6. The number of carbonyl (C=O) groups is 1. The second-order valence-corrected chi connectivity index (χ2v) is 4.74. The van der Waals surface area contributed by atoms with Crippen LogP contribution in [0.5, 0.6) is 0 Å². The zero-order valence-electron chi connectivity index (χ0n) is 11.1. The zero-order valence-corrected chi connectivity index (χ0v) is 11.1. The molecule has 1 amide bonds. The molecule has 3 unspecified atom stereocenters. The fraction of sp³-hybridized carbons (Fsp3) is 0.923. The smallest absolute Gasteiger partial charge is 0.223 e. The molecule has 0 saturated heterocycles. The summed E-state index contributed by atoms with van der Waals surface area (Å²) in [7, 11) is 0. The highest BCUT2D eigenvalue weighted by Gasteiger charge is 2.18. The maximum atomic E-state index is 11.9. The Morgan fingerprint density at radius 1 is 1.31 bits per heavy atom. The van der Waals surface area contributed by atoms with E-state index in [-0.39, 0.29) is 24.0 Å². The van der Waals surface area contributed by atoms with Crippen LogP contribution in [0.2, 0.25) is 0 Å². The van der Waals surface area contributed by atoms with Crippen LogP contribution >= 0.6 is 0 Å². The number of hydrogen-bond acceptors (Lipinski definition) is 2. The second kappa shape index (κ2) is 8.57. The Morgan fingerprint density at radius 2 is 1.94 bits per heavy atom. The van der Waals surface area contributed by atoms with Crippen LogP contribution in [0.1, 0.15) is 59.8 Å². The molecule has 0 saturated carbocycles. The minimum atomic E-state index is -0.356. The summed E-state index contributed by atoms with van der Waals surface area (Å²) in [4.78, 5) is 11.9. The molecule has 0 radical (unpaired) electrons. The summed E-state index contributed by atoms with van der Waals surface area (Å²) in [5.74, 6) is 0.278. The van der Waals surface area contributed by atoms with E-state index in [0.29, 0.717) is 6.42 Å². The van der Waals surface area contributed by atoms with E-state index in [9.17, 15) is 9.90 Å². The summed E-state index contributed by atoms with van der Waals surface area (Å²) >= 11 is 0. The molecule has 0 heterocycles. The van der Waals surface area contributed by atoms with Crippen molar-refractivity contribution in [1.29, 1.82) is 0 Å². The average Bonchev–Trinajstić information content (AvgIpc) is 2.17. The van der Waals surface area contributed by atoms with Crippen molar-refractivity contribution in [2.75, 3.05) is 0 Å². The van der Waals surface area contributed by atoms with Gasteiger partial charge in [-0.3, -0.25) is 4.79 Å². The molecule has 96 valence electrons. The zero-order chi connectivity index (χ0) is 12.6. The third-order valence-electron chi connectivity index (χ3n) is 2.85. The Morgan fingerprint density at radius 3 is 2.38 bits per heavy atom. The number of hydrogen-bond donors (Lipinski definition) is 2. The van der Waals surface area contributed by atoms with E-state index < -0.39 is 0 Å². The molecule has 3 heteroatoms. The molecule has 0 aliphatic carbocycles. The third kappa shape index (κ3) is 6.83. The number of aliphatic hydroxyl groups is 1. The lowest BCUT2D eigenvalue weighted by Gasteiger charge is -2.20. The van der Waals surface area contributed by atoms with Gasteiger partial charge in [-0.15, -0.1) is 0 Å². The van der Waals surface area contributed by atoms with E-state index in [1.54, 1.807) is 6.92 Å². The van der Waals surface area contributed by atoms with Gasteiger partial charge in [-0.2, -0.15) is 0 Å². The lowest BCUT2D eigenvalue weighted by molar-refractivity contribution is -0.126. The van der Waals surface area contributed by atoms with Crippen molar-refractivity contribution in [3.63, 3.8) is 0 Å². The Balaban J connectivity index is 3.99. The predicted octanol–water partition coefficient (Wildman–Crippen LogP) is 2.48. The van der Waals surface area contributed by atoms with Crippen molar-refractivity contribution in [3.8, 4) is 0 Å². The number of unbranched alkanes of at least 4 members (excludes halogenated alkanes) is 1. The maximum Gasteiger partial charge on any atom is 0.223 e. The third-order valence-corrected chi connectivity index (χ3v) is 2.85. The van der Waals surface area contributed by atoms with Crippen molar-refractivity contribution < 1.29 is 9.90 Å². The topological polar surface area (TPSA) is 49.3 Å². The van der Waals surface area contributed by atoms with E-state index in [2.05, 4.69) is 19.2 Å². The highest BCUT2D eigenvalue weighted by Crippen LogP contribution is 2.13. The molecule has 0 aromatic rings. The predicted molar refractivity (Wildman–Crippen MR) is 67.2 cm³/mol. The maximum absolute atomic E-state index is 11.9. The van der Waals surface area contributed by atoms with Crippen molar-refractivity contribution in [3.05, 3.63) is 0 Å². The Hall–Kier alpha value is -0.570. The summed E-state index contributed by atoms with van der Waals surface area (Å²) in [6.45, 7) is 7.88. The van der Waals surface area contributed by atoms with Gasteiger partial charge >= 0.3 is 0 Å². The quantitative estimate of drug-likeness (QED) is 0.672. The van der Waals surface area contributed by atoms with Crippen molar-refractivity contribution in [1.82, 2.24) is 5.32 Å². The molecule has 3 atom stereocenters. The van der Waals surface area contributed by atoms with Crippen LogP contribution in [0.25, 0.3) is 0 Å². The van der Waals surface area contributed by atoms with E-state index in [1.165, 1.54) is 0 Å². The van der Waals surface area contributed by atoms with Gasteiger partial charge in [0.25, 0.3) is 0 Å². The minimum absolute atomic E-state index is 0.0585. The van der Waals surface area contributed by atoms with Gasteiger partial charge in [0.05, 0.1) is 6.10 Å². The molecule has 16 heavy (non-hydrogen) atoms. The van der Waals surface area contributed by atoms with E-state index in [1.807, 2.05) is 6.92 Å². The highest BCUT2D eigenvalue weighted by molar-refractivity contribution is 5.78. The minimum Gasteiger partial charge on any atom is -0.393 e. The monoisotopic (exact) mass is 229 g/mol. The van der Waals surface area contributed by atoms with Crippen LogP contribution in [-0.4, -0.2) is 23.2 Å². The summed E-state index contributed by atoms with van der Waals surface area (Å²) < 4.78 is 0. The van der Waals surface area contributed by atoms with Gasteiger partial charge in [0.15, 0.2) is 0 Å². The molecular weight excluding hydrogens is 202 g/mol. The van der Waals surface area contributed by atoms with E-state index >= 15 is 0 Å². The Bertz CT molecular complexity index is 192. The summed E-state index contributed by atoms with van der Waals surface area (Å²) in [6.07, 6.45) is 4.37. The molecule has 0 aromatic heterocycles. The van der Waals surface area contributed by atoms with Gasteiger partial charge in [0.1, 0.15) is 0 Å². The molecule has 3 nitrogen and oxygen atoms in total. The lowest BCUT2D eigenvalue weighted by atomic mass is 9.98. The molecule has 0 bridgehead atoms. The van der Waals surface area contributed by atoms with Crippen LogP contribution < -0.4 is 5.32 Å². The molecule has 2 N–H and O–H groups in total. The van der Waals surface area contributed by atoms with Crippen molar-refractivity contribution in [2.45, 2.75) is 71.9 Å². The SMILES string of the molecule is CCCCC(CC)C(=O)NC(C)CC(C)O. The summed E-state index contributed by atoms with van der Waals surface area (Å²) in [6, 6.07) is 0.0585. The highest BCUT2D eigenvalue weighted by atomic mass is 16.3. The van der Waals surface area contributed by atoms with Gasteiger partial charge in [-0.1, -0.05) is 26.7 Å². The summed E-state index contributed by atoms with van der Waals surface area (Å²) in [5, 5.41) is 12.2. The van der Waals surface area contributed by atoms with Gasteiger partial charge in [-0.25, -0.2) is 0 Å². The number of rotatable bonds is 8. The lowest BCUT2D eigenvalue weighted by Crippen LogP contribution is -2.38. The Labute approximate surface area is 99.6 Å². The molecule has 0 fully saturated rings. The first-order valence-electron chi connectivity index (χ1n) is 6.49. The number of nitrogens with one attached hydrogen (secondary N) is 1. The van der Waals surface area contributed by atoms with Crippen molar-refractivity contribution >= 4 is 5.91 Å². The number of aliphatic hydroxyl groups excluding tert-OH is 1. The average molecular weight is 229 g/mol. The van der Waals surface area contributed by atoms with Crippen molar-refractivity contribution in [2.24, 2.45) is 5.92 Å². The number of amides is 1. The molecule has 0 spiro atoms. The molecular formula is C13H27NO2. The van der Waals surface area contributed by atoms with Crippen LogP contribution in [0, 0.1) is 5.92 Å². The first-order chi connectivity index (χ1) is 7.51.